The van der Waals surface area contributed by atoms with Crippen LogP contribution in [0.4, 0.5) is 0 Å². The summed E-state index contributed by atoms with van der Waals surface area (Å²) in [7, 11) is 0. The summed E-state index contributed by atoms with van der Waals surface area (Å²) >= 11 is 0. The fourth-order valence-corrected chi connectivity index (χ4v) is 4.32. The van der Waals surface area contributed by atoms with Gasteiger partial charge in [-0.25, -0.2) is 9.97 Å². The summed E-state index contributed by atoms with van der Waals surface area (Å²) < 4.78 is 0. The highest BCUT2D eigenvalue weighted by Gasteiger charge is 2.23. The van der Waals surface area contributed by atoms with Crippen LogP contribution in [0.2, 0.25) is 0 Å². The van der Waals surface area contributed by atoms with Crippen molar-refractivity contribution < 1.29 is 0 Å². The lowest BCUT2D eigenvalue weighted by Crippen LogP contribution is -2.14. The van der Waals surface area contributed by atoms with Crippen molar-refractivity contribution in [3.63, 3.8) is 0 Å². The number of rotatable bonds is 4. The van der Waals surface area contributed by atoms with Gasteiger partial charge in [0, 0.05) is 18.3 Å². The Morgan fingerprint density at radius 1 is 0.857 bits per heavy atom. The maximum absolute atomic E-state index is 4.72. The standard InChI is InChI=1S/C19H30N2/c1-2-6-15-9-11-16(12-10-15)18-13-20-19(21-14-18)17-7-4-3-5-8-17/h13-17H,2-12H2,1H3/t15-,16-. The van der Waals surface area contributed by atoms with Gasteiger partial charge in [-0.05, 0) is 55.9 Å². The lowest BCUT2D eigenvalue weighted by molar-refractivity contribution is 0.307. The van der Waals surface area contributed by atoms with Gasteiger partial charge in [0.1, 0.15) is 5.82 Å². The molecule has 0 bridgehead atoms. The zero-order valence-electron chi connectivity index (χ0n) is 13.6. The van der Waals surface area contributed by atoms with Crippen molar-refractivity contribution in [3.05, 3.63) is 23.8 Å². The molecule has 2 saturated carbocycles. The monoisotopic (exact) mass is 286 g/mol. The quantitative estimate of drug-likeness (QED) is 0.720. The molecule has 2 heteroatoms. The van der Waals surface area contributed by atoms with E-state index in [1.54, 1.807) is 0 Å². The van der Waals surface area contributed by atoms with E-state index < -0.39 is 0 Å². The van der Waals surface area contributed by atoms with Crippen LogP contribution in [0.5, 0.6) is 0 Å². The molecule has 0 unspecified atom stereocenters. The van der Waals surface area contributed by atoms with Crippen molar-refractivity contribution in [2.75, 3.05) is 0 Å². The van der Waals surface area contributed by atoms with E-state index in [9.17, 15) is 0 Å². The smallest absolute Gasteiger partial charge is 0.131 e. The summed E-state index contributed by atoms with van der Waals surface area (Å²) in [6.07, 6.45) is 19.2. The largest absolute Gasteiger partial charge is 0.241 e. The summed E-state index contributed by atoms with van der Waals surface area (Å²) in [6.45, 7) is 2.31. The highest BCUT2D eigenvalue weighted by Crippen LogP contribution is 2.37. The van der Waals surface area contributed by atoms with Crippen LogP contribution in [0.1, 0.15) is 101 Å². The Morgan fingerprint density at radius 3 is 2.14 bits per heavy atom. The maximum Gasteiger partial charge on any atom is 0.131 e. The van der Waals surface area contributed by atoms with Crippen molar-refractivity contribution in [2.24, 2.45) is 5.92 Å². The van der Waals surface area contributed by atoms with Gasteiger partial charge < -0.3 is 0 Å². The number of aromatic nitrogens is 2. The molecule has 116 valence electrons. The lowest BCUT2D eigenvalue weighted by Gasteiger charge is -2.28. The van der Waals surface area contributed by atoms with Crippen LogP contribution in [-0.4, -0.2) is 9.97 Å². The minimum atomic E-state index is 0.632. The predicted molar refractivity (Wildman–Crippen MR) is 87.5 cm³/mol. The third kappa shape index (κ3) is 3.84. The Hall–Kier alpha value is -0.920. The average molecular weight is 286 g/mol. The molecule has 2 aliphatic rings. The van der Waals surface area contributed by atoms with E-state index in [0.717, 1.165) is 17.7 Å². The van der Waals surface area contributed by atoms with E-state index in [0.29, 0.717) is 5.92 Å². The van der Waals surface area contributed by atoms with Crippen LogP contribution in [0, 0.1) is 5.92 Å². The van der Waals surface area contributed by atoms with Crippen molar-refractivity contribution in [3.8, 4) is 0 Å². The Kier molecular flexibility index (Phi) is 5.27. The molecule has 0 aliphatic heterocycles. The molecule has 1 aromatic rings. The van der Waals surface area contributed by atoms with E-state index in [1.807, 2.05) is 0 Å². The minimum absolute atomic E-state index is 0.632. The molecule has 2 nitrogen and oxygen atoms in total. The Bertz CT molecular complexity index is 412. The third-order valence-electron chi connectivity index (χ3n) is 5.68. The van der Waals surface area contributed by atoms with E-state index in [2.05, 4.69) is 19.3 Å². The minimum Gasteiger partial charge on any atom is -0.241 e. The van der Waals surface area contributed by atoms with Crippen molar-refractivity contribution in [1.82, 2.24) is 9.97 Å². The van der Waals surface area contributed by atoms with E-state index in [4.69, 9.17) is 9.97 Å². The molecule has 0 aromatic carbocycles. The fourth-order valence-electron chi connectivity index (χ4n) is 4.32. The highest BCUT2D eigenvalue weighted by molar-refractivity contribution is 5.14. The summed E-state index contributed by atoms with van der Waals surface area (Å²) in [4.78, 5) is 9.44. The van der Waals surface area contributed by atoms with E-state index in [1.165, 1.54) is 76.2 Å². The molecule has 21 heavy (non-hydrogen) atoms. The topological polar surface area (TPSA) is 25.8 Å². The fraction of sp³-hybridized carbons (Fsp3) is 0.789. The second kappa shape index (κ2) is 7.38. The first kappa shape index (κ1) is 15.0. The summed E-state index contributed by atoms with van der Waals surface area (Å²) in [5.74, 6) is 3.44. The first-order valence-electron chi connectivity index (χ1n) is 9.18. The summed E-state index contributed by atoms with van der Waals surface area (Å²) in [5.41, 5.74) is 1.39. The van der Waals surface area contributed by atoms with Crippen molar-refractivity contribution in [2.45, 2.75) is 89.4 Å². The van der Waals surface area contributed by atoms with Crippen LogP contribution >= 0.6 is 0 Å². The van der Waals surface area contributed by atoms with Gasteiger partial charge in [0.25, 0.3) is 0 Å². The van der Waals surface area contributed by atoms with Crippen molar-refractivity contribution >= 4 is 0 Å². The van der Waals surface area contributed by atoms with Crippen LogP contribution < -0.4 is 0 Å². The number of hydrogen-bond acceptors (Lipinski definition) is 2. The molecule has 2 aliphatic carbocycles. The van der Waals surface area contributed by atoms with Gasteiger partial charge in [0.05, 0.1) is 0 Å². The molecule has 3 rings (SSSR count). The second-order valence-electron chi connectivity index (χ2n) is 7.22. The van der Waals surface area contributed by atoms with Gasteiger partial charge in [0.15, 0.2) is 0 Å². The van der Waals surface area contributed by atoms with Gasteiger partial charge in [-0.15, -0.1) is 0 Å². The zero-order valence-corrected chi connectivity index (χ0v) is 13.6. The second-order valence-corrected chi connectivity index (χ2v) is 7.22. The molecular weight excluding hydrogens is 256 g/mol. The molecule has 0 N–H and O–H groups in total. The SMILES string of the molecule is CCC[C@H]1CC[C@H](c2cnc(C3CCCCC3)nc2)CC1. The molecule has 1 heterocycles. The van der Waals surface area contributed by atoms with Gasteiger partial charge in [-0.2, -0.15) is 0 Å². The Balaban J connectivity index is 1.57. The molecular formula is C19H30N2. The molecule has 1 aromatic heterocycles. The van der Waals surface area contributed by atoms with Gasteiger partial charge in [0.2, 0.25) is 0 Å². The Labute approximate surface area is 129 Å². The third-order valence-corrected chi connectivity index (χ3v) is 5.68. The molecule has 0 radical (unpaired) electrons. The number of nitrogens with zero attached hydrogens (tertiary/aromatic N) is 2. The molecule has 0 amide bonds. The normalized spacial score (nSPS) is 27.7. The van der Waals surface area contributed by atoms with Crippen LogP contribution in [0.3, 0.4) is 0 Å². The molecule has 0 spiro atoms. The first-order valence-corrected chi connectivity index (χ1v) is 9.18. The van der Waals surface area contributed by atoms with Crippen LogP contribution in [0.25, 0.3) is 0 Å². The Morgan fingerprint density at radius 2 is 1.52 bits per heavy atom. The first-order chi connectivity index (χ1) is 10.4. The number of hydrogen-bond donors (Lipinski definition) is 0. The zero-order chi connectivity index (χ0) is 14.5. The molecule has 2 fully saturated rings. The van der Waals surface area contributed by atoms with E-state index in [-0.39, 0.29) is 0 Å². The van der Waals surface area contributed by atoms with Gasteiger partial charge in [-0.1, -0.05) is 39.0 Å². The molecule has 0 saturated heterocycles. The van der Waals surface area contributed by atoms with E-state index >= 15 is 0 Å². The summed E-state index contributed by atoms with van der Waals surface area (Å²) in [6, 6.07) is 0. The average Bonchev–Trinajstić information content (AvgIpc) is 2.57. The molecule has 0 atom stereocenters. The van der Waals surface area contributed by atoms with Crippen molar-refractivity contribution in [1.29, 1.82) is 0 Å². The van der Waals surface area contributed by atoms with Gasteiger partial charge >= 0.3 is 0 Å². The highest BCUT2D eigenvalue weighted by atomic mass is 14.9. The predicted octanol–water partition coefficient (Wildman–Crippen LogP) is 5.60. The van der Waals surface area contributed by atoms with Crippen LogP contribution in [0.15, 0.2) is 12.4 Å². The van der Waals surface area contributed by atoms with Crippen LogP contribution in [-0.2, 0) is 0 Å². The van der Waals surface area contributed by atoms with Gasteiger partial charge in [-0.3, -0.25) is 0 Å². The summed E-state index contributed by atoms with van der Waals surface area (Å²) in [5, 5.41) is 0. The maximum atomic E-state index is 4.72. The lowest BCUT2D eigenvalue weighted by atomic mass is 9.78.